The van der Waals surface area contributed by atoms with Gasteiger partial charge in [-0.05, 0) is 31.7 Å². The van der Waals surface area contributed by atoms with Crippen molar-refractivity contribution < 1.29 is 9.84 Å². The normalized spacial score (nSPS) is 26.7. The lowest BCUT2D eigenvalue weighted by Crippen LogP contribution is -2.27. The van der Waals surface area contributed by atoms with E-state index in [-0.39, 0.29) is 5.92 Å². The van der Waals surface area contributed by atoms with Crippen LogP contribution in [0.25, 0.3) is 0 Å². The fraction of sp³-hybridized carbons (Fsp3) is 0.500. The molecule has 1 fully saturated rings. The molecule has 0 aliphatic heterocycles. The van der Waals surface area contributed by atoms with Gasteiger partial charge < -0.3 is 9.84 Å². The Labute approximate surface area is 109 Å². The Hall–Kier alpha value is -1.30. The smallest absolute Gasteiger partial charge is 0.108 e. The molecular weight excluding hydrogens is 224 g/mol. The molecule has 1 saturated carbocycles. The van der Waals surface area contributed by atoms with Crippen molar-refractivity contribution in [1.29, 1.82) is 0 Å². The highest BCUT2D eigenvalue weighted by molar-refractivity contribution is 5.14. The molecule has 0 spiro atoms. The minimum atomic E-state index is -0.605. The van der Waals surface area contributed by atoms with Crippen LogP contribution in [0.3, 0.4) is 0 Å². The van der Waals surface area contributed by atoms with Crippen molar-refractivity contribution in [2.24, 2.45) is 5.92 Å². The molecule has 0 aromatic heterocycles. The zero-order valence-electron chi connectivity index (χ0n) is 10.9. The second-order valence-corrected chi connectivity index (χ2v) is 5.10. The molecule has 1 N–H and O–H groups in total. The van der Waals surface area contributed by atoms with Crippen molar-refractivity contribution in [3.05, 3.63) is 35.9 Å². The molecule has 1 aromatic carbocycles. The number of hydrogen-bond donors (Lipinski definition) is 1. The van der Waals surface area contributed by atoms with Crippen LogP contribution in [-0.2, 0) is 11.3 Å². The lowest BCUT2D eigenvalue weighted by atomic mass is 9.94. The fourth-order valence-electron chi connectivity index (χ4n) is 2.34. The van der Waals surface area contributed by atoms with Crippen molar-refractivity contribution in [2.45, 2.75) is 38.4 Å². The fourth-order valence-corrected chi connectivity index (χ4v) is 2.34. The molecule has 0 radical (unpaired) electrons. The van der Waals surface area contributed by atoms with Gasteiger partial charge in [0.1, 0.15) is 6.61 Å². The third-order valence-corrected chi connectivity index (χ3v) is 3.49. The van der Waals surface area contributed by atoms with E-state index in [9.17, 15) is 5.11 Å². The van der Waals surface area contributed by atoms with Crippen molar-refractivity contribution in [2.75, 3.05) is 6.61 Å². The van der Waals surface area contributed by atoms with Gasteiger partial charge in [-0.1, -0.05) is 42.2 Å². The van der Waals surface area contributed by atoms with Crippen LogP contribution in [0, 0.1) is 17.8 Å². The lowest BCUT2D eigenvalue weighted by Gasteiger charge is -2.20. The Bertz CT molecular complexity index is 425. The molecule has 2 rings (SSSR count). The molecule has 2 nitrogen and oxygen atoms in total. The van der Waals surface area contributed by atoms with Gasteiger partial charge in [-0.15, -0.1) is 0 Å². The first-order chi connectivity index (χ1) is 8.68. The summed E-state index contributed by atoms with van der Waals surface area (Å²) in [6.07, 6.45) is 2.92. The Kier molecular flexibility index (Phi) is 4.41. The first-order valence-corrected chi connectivity index (χ1v) is 6.51. The minimum Gasteiger partial charge on any atom is -0.389 e. The highest BCUT2D eigenvalue weighted by atomic mass is 16.5. The second kappa shape index (κ2) is 6.04. The Morgan fingerprint density at radius 3 is 2.83 bits per heavy atom. The third kappa shape index (κ3) is 3.60. The van der Waals surface area contributed by atoms with E-state index in [1.165, 1.54) is 0 Å². The molecule has 0 heterocycles. The van der Waals surface area contributed by atoms with Gasteiger partial charge in [0.05, 0.1) is 12.2 Å². The summed E-state index contributed by atoms with van der Waals surface area (Å²) in [5.74, 6) is 6.26. The monoisotopic (exact) mass is 244 g/mol. The average molecular weight is 244 g/mol. The lowest BCUT2D eigenvalue weighted by molar-refractivity contribution is 0.0420. The maximum absolute atomic E-state index is 10.0. The Balaban J connectivity index is 1.73. The number of ether oxygens (including phenoxy) is 1. The van der Waals surface area contributed by atoms with Crippen LogP contribution in [0.1, 0.15) is 31.7 Å². The second-order valence-electron chi connectivity index (χ2n) is 5.10. The highest BCUT2D eigenvalue weighted by Crippen LogP contribution is 2.34. The molecule has 1 aliphatic carbocycles. The van der Waals surface area contributed by atoms with Gasteiger partial charge in [-0.2, -0.15) is 0 Å². The zero-order valence-corrected chi connectivity index (χ0v) is 10.9. The standard InChI is InChI=1S/C16H20O2/c1-16(17)11-5-9-15(16)10-6-12-18-13-14-7-3-2-4-8-14/h2-4,7-8,15,17H,5,9,11-13H2,1H3. The van der Waals surface area contributed by atoms with Gasteiger partial charge >= 0.3 is 0 Å². The SMILES string of the molecule is CC1(O)CCCC1C#CCOCc1ccccc1. The van der Waals surface area contributed by atoms with Gasteiger partial charge in [-0.25, -0.2) is 0 Å². The van der Waals surface area contributed by atoms with Crippen LogP contribution in [0.5, 0.6) is 0 Å². The van der Waals surface area contributed by atoms with Crippen molar-refractivity contribution in [3.63, 3.8) is 0 Å². The Morgan fingerprint density at radius 1 is 1.39 bits per heavy atom. The molecule has 0 bridgehead atoms. The largest absolute Gasteiger partial charge is 0.389 e. The summed E-state index contributed by atoms with van der Waals surface area (Å²) in [5, 5.41) is 10.0. The first kappa shape index (κ1) is 13.1. The molecule has 0 saturated heterocycles. The molecule has 1 aliphatic rings. The summed E-state index contributed by atoms with van der Waals surface area (Å²) in [4.78, 5) is 0. The molecule has 2 atom stereocenters. The van der Waals surface area contributed by atoms with E-state index in [4.69, 9.17) is 4.74 Å². The van der Waals surface area contributed by atoms with Crippen molar-refractivity contribution in [3.8, 4) is 11.8 Å². The summed E-state index contributed by atoms with van der Waals surface area (Å²) >= 11 is 0. The predicted octanol–water partition coefficient (Wildman–Crippen LogP) is 2.76. The van der Waals surface area contributed by atoms with Crippen LogP contribution < -0.4 is 0 Å². The van der Waals surface area contributed by atoms with E-state index in [0.29, 0.717) is 13.2 Å². The third-order valence-electron chi connectivity index (χ3n) is 3.49. The van der Waals surface area contributed by atoms with Gasteiger partial charge in [0.2, 0.25) is 0 Å². The average Bonchev–Trinajstić information content (AvgIpc) is 2.70. The van der Waals surface area contributed by atoms with Gasteiger partial charge in [0.15, 0.2) is 0 Å². The van der Waals surface area contributed by atoms with E-state index in [1.54, 1.807) is 0 Å². The van der Waals surface area contributed by atoms with Gasteiger partial charge in [-0.3, -0.25) is 0 Å². The van der Waals surface area contributed by atoms with E-state index in [2.05, 4.69) is 11.8 Å². The number of rotatable bonds is 3. The van der Waals surface area contributed by atoms with E-state index < -0.39 is 5.60 Å². The highest BCUT2D eigenvalue weighted by Gasteiger charge is 2.35. The van der Waals surface area contributed by atoms with Crippen LogP contribution in [0.4, 0.5) is 0 Å². The number of hydrogen-bond acceptors (Lipinski definition) is 2. The van der Waals surface area contributed by atoms with Crippen molar-refractivity contribution in [1.82, 2.24) is 0 Å². The zero-order chi connectivity index (χ0) is 12.8. The molecule has 2 unspecified atom stereocenters. The molecule has 2 heteroatoms. The maximum Gasteiger partial charge on any atom is 0.108 e. The first-order valence-electron chi connectivity index (χ1n) is 6.51. The Morgan fingerprint density at radius 2 is 2.17 bits per heavy atom. The summed E-state index contributed by atoms with van der Waals surface area (Å²) < 4.78 is 5.49. The summed E-state index contributed by atoms with van der Waals surface area (Å²) in [5.41, 5.74) is 0.555. The minimum absolute atomic E-state index is 0.109. The van der Waals surface area contributed by atoms with E-state index in [1.807, 2.05) is 37.3 Å². The van der Waals surface area contributed by atoms with E-state index in [0.717, 1.165) is 24.8 Å². The summed E-state index contributed by atoms with van der Waals surface area (Å²) in [6.45, 7) is 2.90. The summed E-state index contributed by atoms with van der Waals surface area (Å²) in [6, 6.07) is 10.1. The van der Waals surface area contributed by atoms with Gasteiger partial charge in [0.25, 0.3) is 0 Å². The van der Waals surface area contributed by atoms with Crippen LogP contribution >= 0.6 is 0 Å². The predicted molar refractivity (Wildman–Crippen MR) is 71.8 cm³/mol. The van der Waals surface area contributed by atoms with Crippen LogP contribution in [-0.4, -0.2) is 17.3 Å². The molecule has 96 valence electrons. The van der Waals surface area contributed by atoms with Crippen LogP contribution in [0.15, 0.2) is 30.3 Å². The molecule has 18 heavy (non-hydrogen) atoms. The number of benzene rings is 1. The molecule has 1 aromatic rings. The van der Waals surface area contributed by atoms with Crippen LogP contribution in [0.2, 0.25) is 0 Å². The summed E-state index contributed by atoms with van der Waals surface area (Å²) in [7, 11) is 0. The quantitative estimate of drug-likeness (QED) is 0.654. The molecular formula is C16H20O2. The van der Waals surface area contributed by atoms with Gasteiger partial charge in [0, 0.05) is 5.92 Å². The van der Waals surface area contributed by atoms with Crippen molar-refractivity contribution >= 4 is 0 Å². The topological polar surface area (TPSA) is 29.5 Å². The molecule has 0 amide bonds. The van der Waals surface area contributed by atoms with E-state index >= 15 is 0 Å². The maximum atomic E-state index is 10.0. The number of aliphatic hydroxyl groups is 1.